The number of nitrogens with zero attached hydrogens (tertiary/aromatic N) is 2. The Morgan fingerprint density at radius 3 is 2.71 bits per heavy atom. The van der Waals surface area contributed by atoms with E-state index in [1.807, 2.05) is 6.92 Å². The summed E-state index contributed by atoms with van der Waals surface area (Å²) in [4.78, 5) is 0. The minimum Gasteiger partial charge on any atom is -0.406 e. The van der Waals surface area contributed by atoms with Crippen molar-refractivity contribution in [1.82, 2.24) is 10.2 Å². The van der Waals surface area contributed by atoms with Crippen molar-refractivity contribution >= 4 is 17.6 Å². The van der Waals surface area contributed by atoms with Gasteiger partial charge in [-0.1, -0.05) is 12.0 Å². The third-order valence-corrected chi connectivity index (χ3v) is 2.90. The smallest absolute Gasteiger partial charge is 0.315 e. The van der Waals surface area contributed by atoms with Gasteiger partial charge in [-0.2, -0.15) is 0 Å². The number of aromatic nitrogens is 2. The Kier molecular flexibility index (Phi) is 2.63. The molecule has 1 N–H and O–H groups in total. The van der Waals surface area contributed by atoms with Crippen LogP contribution in [0.15, 0.2) is 4.42 Å². The van der Waals surface area contributed by atoms with Gasteiger partial charge in [0, 0.05) is 6.04 Å². The lowest BCUT2D eigenvalue weighted by atomic mass is 9.81. The van der Waals surface area contributed by atoms with Gasteiger partial charge in [0.2, 0.25) is 5.89 Å². The van der Waals surface area contributed by atoms with E-state index in [4.69, 9.17) is 16.0 Å². The normalized spacial score (nSPS) is 28.2. The maximum absolute atomic E-state index is 5.81. The lowest BCUT2D eigenvalue weighted by molar-refractivity contribution is 0.297. The Balaban J connectivity index is 1.96. The summed E-state index contributed by atoms with van der Waals surface area (Å²) in [5.41, 5.74) is 0. The summed E-state index contributed by atoms with van der Waals surface area (Å²) in [6.45, 7) is 4.02. The minimum atomic E-state index is -0.225. The Labute approximate surface area is 88.0 Å². The first-order chi connectivity index (χ1) is 6.66. The molecular weight excluding hydrogens is 202 g/mol. The van der Waals surface area contributed by atoms with Crippen molar-refractivity contribution in [1.29, 1.82) is 0 Å². The van der Waals surface area contributed by atoms with Gasteiger partial charge in [0.1, 0.15) is 5.38 Å². The summed E-state index contributed by atoms with van der Waals surface area (Å²) in [7, 11) is 0. The first-order valence-electron chi connectivity index (χ1n) is 4.91. The number of nitrogens with one attached hydrogen (secondary N) is 1. The molecule has 1 heterocycles. The molecule has 4 nitrogen and oxygen atoms in total. The summed E-state index contributed by atoms with van der Waals surface area (Å²) in [6.07, 6.45) is 2.44. The van der Waals surface area contributed by atoms with E-state index in [2.05, 4.69) is 22.4 Å². The lowest BCUT2D eigenvalue weighted by Crippen LogP contribution is -2.36. The molecule has 1 aromatic heterocycles. The molecule has 0 radical (unpaired) electrons. The predicted octanol–water partition coefficient (Wildman–Crippen LogP) is 2.58. The van der Waals surface area contributed by atoms with Crippen LogP contribution in [0.3, 0.4) is 0 Å². The van der Waals surface area contributed by atoms with E-state index >= 15 is 0 Å². The first-order valence-corrected chi connectivity index (χ1v) is 5.34. The van der Waals surface area contributed by atoms with E-state index < -0.39 is 0 Å². The highest BCUT2D eigenvalue weighted by molar-refractivity contribution is 6.20. The molecule has 3 atom stereocenters. The summed E-state index contributed by atoms with van der Waals surface area (Å²) in [6, 6.07) is 0.970. The SMILES string of the molecule is CC(Cl)c1nnc(NC2CCC2C)o1. The molecule has 1 aliphatic carbocycles. The largest absolute Gasteiger partial charge is 0.406 e. The summed E-state index contributed by atoms with van der Waals surface area (Å²) in [5, 5.41) is 10.7. The van der Waals surface area contributed by atoms with Gasteiger partial charge in [0.05, 0.1) is 0 Å². The standard InChI is InChI=1S/C9H14ClN3O/c1-5-3-4-7(5)11-9-13-12-8(14-9)6(2)10/h5-7H,3-4H2,1-2H3,(H,11,13). The van der Waals surface area contributed by atoms with Gasteiger partial charge in [0.15, 0.2) is 0 Å². The molecule has 1 aliphatic rings. The van der Waals surface area contributed by atoms with Gasteiger partial charge in [0.25, 0.3) is 0 Å². The second-order valence-electron chi connectivity index (χ2n) is 3.87. The van der Waals surface area contributed by atoms with Gasteiger partial charge >= 0.3 is 6.01 Å². The number of hydrogen-bond donors (Lipinski definition) is 1. The summed E-state index contributed by atoms with van der Waals surface area (Å²) < 4.78 is 5.33. The predicted molar refractivity (Wildman–Crippen MR) is 54.4 cm³/mol. The molecule has 1 aromatic rings. The fourth-order valence-electron chi connectivity index (χ4n) is 1.49. The molecular formula is C9H14ClN3O. The number of halogens is 1. The van der Waals surface area contributed by atoms with Crippen molar-refractivity contribution in [2.24, 2.45) is 5.92 Å². The fraction of sp³-hybridized carbons (Fsp3) is 0.778. The zero-order chi connectivity index (χ0) is 10.1. The van der Waals surface area contributed by atoms with E-state index in [-0.39, 0.29) is 5.38 Å². The zero-order valence-electron chi connectivity index (χ0n) is 8.33. The van der Waals surface area contributed by atoms with Crippen LogP contribution in [0.25, 0.3) is 0 Å². The number of alkyl halides is 1. The molecule has 5 heteroatoms. The van der Waals surface area contributed by atoms with Gasteiger partial charge in [-0.15, -0.1) is 16.7 Å². The summed E-state index contributed by atoms with van der Waals surface area (Å²) in [5.74, 6) is 1.17. The maximum Gasteiger partial charge on any atom is 0.315 e. The fourth-order valence-corrected chi connectivity index (χ4v) is 1.58. The molecule has 3 unspecified atom stereocenters. The highest BCUT2D eigenvalue weighted by atomic mass is 35.5. The van der Waals surface area contributed by atoms with Crippen molar-refractivity contribution in [2.75, 3.05) is 5.32 Å². The highest BCUT2D eigenvalue weighted by Crippen LogP contribution is 2.29. The van der Waals surface area contributed by atoms with Gasteiger partial charge in [-0.25, -0.2) is 0 Å². The second-order valence-corrected chi connectivity index (χ2v) is 4.52. The Hall–Kier alpha value is -0.770. The highest BCUT2D eigenvalue weighted by Gasteiger charge is 2.28. The third-order valence-electron chi connectivity index (χ3n) is 2.71. The van der Waals surface area contributed by atoms with E-state index in [0.717, 1.165) is 0 Å². The molecule has 1 fully saturated rings. The van der Waals surface area contributed by atoms with Crippen molar-refractivity contribution in [2.45, 2.75) is 38.1 Å². The average Bonchev–Trinajstić information content (AvgIpc) is 2.60. The quantitative estimate of drug-likeness (QED) is 0.788. The van der Waals surface area contributed by atoms with Crippen LogP contribution in [0.1, 0.15) is 38.0 Å². The number of rotatable bonds is 3. The molecule has 0 aliphatic heterocycles. The van der Waals surface area contributed by atoms with Crippen molar-refractivity contribution in [3.05, 3.63) is 5.89 Å². The molecule has 0 aromatic carbocycles. The van der Waals surface area contributed by atoms with Gasteiger partial charge in [-0.05, 0) is 25.7 Å². The van der Waals surface area contributed by atoms with Crippen LogP contribution in [0.5, 0.6) is 0 Å². The van der Waals surface area contributed by atoms with E-state index in [1.165, 1.54) is 12.8 Å². The van der Waals surface area contributed by atoms with Crippen molar-refractivity contribution in [3.63, 3.8) is 0 Å². The first kappa shape index (κ1) is 9.77. The zero-order valence-corrected chi connectivity index (χ0v) is 9.08. The van der Waals surface area contributed by atoms with E-state index in [1.54, 1.807) is 0 Å². The average molecular weight is 216 g/mol. The van der Waals surface area contributed by atoms with Crippen LogP contribution in [-0.4, -0.2) is 16.2 Å². The third kappa shape index (κ3) is 1.85. The molecule has 0 saturated heterocycles. The Morgan fingerprint density at radius 2 is 2.29 bits per heavy atom. The molecule has 0 amide bonds. The van der Waals surface area contributed by atoms with Crippen molar-refractivity contribution in [3.8, 4) is 0 Å². The molecule has 0 bridgehead atoms. The Bertz CT molecular complexity index is 313. The molecule has 2 rings (SSSR count). The molecule has 78 valence electrons. The molecule has 1 saturated carbocycles. The number of hydrogen-bond acceptors (Lipinski definition) is 4. The van der Waals surface area contributed by atoms with Crippen LogP contribution < -0.4 is 5.32 Å². The number of anilines is 1. The van der Waals surface area contributed by atoms with E-state index in [0.29, 0.717) is 23.9 Å². The molecule has 14 heavy (non-hydrogen) atoms. The molecule has 0 spiro atoms. The monoisotopic (exact) mass is 215 g/mol. The topological polar surface area (TPSA) is 51.0 Å². The van der Waals surface area contributed by atoms with Gasteiger partial charge in [-0.3, -0.25) is 0 Å². The van der Waals surface area contributed by atoms with Crippen LogP contribution in [-0.2, 0) is 0 Å². The summed E-state index contributed by atoms with van der Waals surface area (Å²) >= 11 is 5.81. The van der Waals surface area contributed by atoms with Gasteiger partial charge < -0.3 is 9.73 Å². The second kappa shape index (κ2) is 3.77. The van der Waals surface area contributed by atoms with Crippen LogP contribution >= 0.6 is 11.6 Å². The Morgan fingerprint density at radius 1 is 1.50 bits per heavy atom. The van der Waals surface area contributed by atoms with Crippen LogP contribution in [0.2, 0.25) is 0 Å². The minimum absolute atomic E-state index is 0.225. The lowest BCUT2D eigenvalue weighted by Gasteiger charge is -2.33. The maximum atomic E-state index is 5.81. The van der Waals surface area contributed by atoms with Crippen molar-refractivity contribution < 1.29 is 4.42 Å². The van der Waals surface area contributed by atoms with Crippen LogP contribution in [0.4, 0.5) is 6.01 Å². The van der Waals surface area contributed by atoms with Crippen LogP contribution in [0, 0.1) is 5.92 Å². The van der Waals surface area contributed by atoms with E-state index in [9.17, 15) is 0 Å².